The summed E-state index contributed by atoms with van der Waals surface area (Å²) in [6.07, 6.45) is 0. The number of rotatable bonds is 5. The first kappa shape index (κ1) is 19.6. The molecule has 2 rings (SSSR count). The lowest BCUT2D eigenvalue weighted by molar-refractivity contribution is -0.119. The maximum absolute atomic E-state index is 14.3. The summed E-state index contributed by atoms with van der Waals surface area (Å²) >= 11 is 3.31. The van der Waals surface area contributed by atoms with Gasteiger partial charge in [-0.1, -0.05) is 22.0 Å². The molecule has 4 nitrogen and oxygen atoms in total. The summed E-state index contributed by atoms with van der Waals surface area (Å²) in [5, 5.41) is 12.3. The van der Waals surface area contributed by atoms with Gasteiger partial charge >= 0.3 is 0 Å². The SMILES string of the molecule is COc1cc(Br)ccc1[C@@H](N1CCNCC1)C(F)(F)CO.Cl. The monoisotopic (exact) mass is 400 g/mol. The largest absolute Gasteiger partial charge is 0.496 e. The smallest absolute Gasteiger partial charge is 0.290 e. The second kappa shape index (κ2) is 8.40. The first-order chi connectivity index (χ1) is 9.99. The first-order valence-electron chi connectivity index (χ1n) is 6.76. The van der Waals surface area contributed by atoms with Crippen molar-refractivity contribution in [2.75, 3.05) is 39.9 Å². The average Bonchev–Trinajstić information content (AvgIpc) is 2.50. The number of nitrogens with one attached hydrogen (secondary N) is 1. The minimum absolute atomic E-state index is 0. The van der Waals surface area contributed by atoms with Gasteiger partial charge in [0.15, 0.2) is 0 Å². The molecule has 0 aromatic heterocycles. The van der Waals surface area contributed by atoms with Crippen molar-refractivity contribution in [1.29, 1.82) is 0 Å². The van der Waals surface area contributed by atoms with Gasteiger partial charge in [0.25, 0.3) is 5.92 Å². The van der Waals surface area contributed by atoms with E-state index in [9.17, 15) is 8.78 Å². The lowest BCUT2D eigenvalue weighted by Crippen LogP contribution is -2.51. The number of benzene rings is 1. The molecule has 22 heavy (non-hydrogen) atoms. The molecular weight excluding hydrogens is 382 g/mol. The molecule has 8 heteroatoms. The molecule has 1 aliphatic heterocycles. The van der Waals surface area contributed by atoms with Crippen LogP contribution in [0.1, 0.15) is 11.6 Å². The number of halogens is 4. The molecule has 1 heterocycles. The number of hydrogen-bond donors (Lipinski definition) is 2. The highest BCUT2D eigenvalue weighted by Gasteiger charge is 2.45. The Labute approximate surface area is 143 Å². The van der Waals surface area contributed by atoms with Gasteiger partial charge < -0.3 is 15.2 Å². The number of piperazine rings is 1. The van der Waals surface area contributed by atoms with Gasteiger partial charge in [0, 0.05) is 36.2 Å². The molecule has 1 aromatic carbocycles. The Morgan fingerprint density at radius 1 is 1.41 bits per heavy atom. The molecule has 0 spiro atoms. The molecule has 0 amide bonds. The van der Waals surface area contributed by atoms with Gasteiger partial charge in [0.1, 0.15) is 18.4 Å². The Morgan fingerprint density at radius 3 is 2.59 bits per heavy atom. The van der Waals surface area contributed by atoms with Gasteiger partial charge in [-0.2, -0.15) is 0 Å². The third kappa shape index (κ3) is 4.29. The maximum Gasteiger partial charge on any atom is 0.290 e. The Bertz CT molecular complexity index is 488. The fourth-order valence-electron chi connectivity index (χ4n) is 2.63. The molecule has 1 saturated heterocycles. The van der Waals surface area contributed by atoms with E-state index in [4.69, 9.17) is 9.84 Å². The summed E-state index contributed by atoms with van der Waals surface area (Å²) in [7, 11) is 1.46. The molecule has 2 N–H and O–H groups in total. The predicted molar refractivity (Wildman–Crippen MR) is 87.2 cm³/mol. The Kier molecular flexibility index (Phi) is 7.48. The third-order valence-corrected chi connectivity index (χ3v) is 4.11. The molecule has 1 aromatic rings. The van der Waals surface area contributed by atoms with Crippen molar-refractivity contribution in [3.8, 4) is 5.75 Å². The van der Waals surface area contributed by atoms with Crippen LogP contribution in [0.5, 0.6) is 5.75 Å². The predicted octanol–water partition coefficient (Wildman–Crippen LogP) is 2.45. The number of alkyl halides is 2. The molecule has 1 aliphatic rings. The Morgan fingerprint density at radius 2 is 2.05 bits per heavy atom. The Balaban J connectivity index is 0.00000242. The maximum atomic E-state index is 14.3. The number of aliphatic hydroxyl groups is 1. The summed E-state index contributed by atoms with van der Waals surface area (Å²) in [5.74, 6) is -2.85. The standard InChI is InChI=1S/C14H19BrF2N2O2.ClH/c1-21-12-8-10(15)2-3-11(12)13(14(16,17)9-20)19-6-4-18-5-7-19;/h2-3,8,13,18,20H,4-7,9H2,1H3;1H/t13-;/m1./s1. The first-order valence-corrected chi connectivity index (χ1v) is 7.56. The fourth-order valence-corrected chi connectivity index (χ4v) is 2.97. The summed E-state index contributed by atoms with van der Waals surface area (Å²) < 4.78 is 34.7. The van der Waals surface area contributed by atoms with E-state index in [1.54, 1.807) is 23.1 Å². The van der Waals surface area contributed by atoms with Crippen molar-refractivity contribution in [3.63, 3.8) is 0 Å². The minimum atomic E-state index is -3.24. The highest BCUT2D eigenvalue weighted by atomic mass is 79.9. The normalized spacial score (nSPS) is 17.7. The Hall–Kier alpha value is -0.470. The van der Waals surface area contributed by atoms with Crippen LogP contribution in [0.15, 0.2) is 22.7 Å². The quantitative estimate of drug-likeness (QED) is 0.795. The second-order valence-electron chi connectivity index (χ2n) is 4.99. The summed E-state index contributed by atoms with van der Waals surface area (Å²) in [6.45, 7) is 1.10. The van der Waals surface area contributed by atoms with Gasteiger partial charge in [-0.3, -0.25) is 4.90 Å². The van der Waals surface area contributed by atoms with E-state index in [0.29, 0.717) is 37.5 Å². The summed E-state index contributed by atoms with van der Waals surface area (Å²) in [4.78, 5) is 1.69. The van der Waals surface area contributed by atoms with E-state index < -0.39 is 18.6 Å². The molecule has 1 atom stereocenters. The van der Waals surface area contributed by atoms with Crippen LogP contribution >= 0.6 is 28.3 Å². The zero-order valence-corrected chi connectivity index (χ0v) is 14.6. The van der Waals surface area contributed by atoms with E-state index in [2.05, 4.69) is 21.2 Å². The third-order valence-electron chi connectivity index (χ3n) is 3.62. The van der Waals surface area contributed by atoms with Crippen LogP contribution in [-0.2, 0) is 0 Å². The van der Waals surface area contributed by atoms with E-state index in [1.165, 1.54) is 7.11 Å². The minimum Gasteiger partial charge on any atom is -0.496 e. The van der Waals surface area contributed by atoms with Gasteiger partial charge in [-0.05, 0) is 12.1 Å². The van der Waals surface area contributed by atoms with Crippen LogP contribution in [0.25, 0.3) is 0 Å². The van der Waals surface area contributed by atoms with Crippen molar-refractivity contribution in [1.82, 2.24) is 10.2 Å². The molecule has 0 unspecified atom stereocenters. The van der Waals surface area contributed by atoms with Gasteiger partial charge in [0.2, 0.25) is 0 Å². The van der Waals surface area contributed by atoms with Crippen LogP contribution in [0.3, 0.4) is 0 Å². The lowest BCUT2D eigenvalue weighted by atomic mass is 9.97. The van der Waals surface area contributed by atoms with Crippen molar-refractivity contribution < 1.29 is 18.6 Å². The van der Waals surface area contributed by atoms with Crippen molar-refractivity contribution in [3.05, 3.63) is 28.2 Å². The van der Waals surface area contributed by atoms with Gasteiger partial charge in [0.05, 0.1) is 7.11 Å². The summed E-state index contributed by atoms with van der Waals surface area (Å²) in [6, 6.07) is 3.80. The number of ether oxygens (including phenoxy) is 1. The van der Waals surface area contributed by atoms with E-state index in [0.717, 1.165) is 4.47 Å². The van der Waals surface area contributed by atoms with Crippen molar-refractivity contribution in [2.45, 2.75) is 12.0 Å². The van der Waals surface area contributed by atoms with Gasteiger partial charge in [-0.25, -0.2) is 8.78 Å². The lowest BCUT2D eigenvalue weighted by Gasteiger charge is -2.39. The molecule has 0 bridgehead atoms. The van der Waals surface area contributed by atoms with E-state index in [1.807, 2.05) is 0 Å². The number of methoxy groups -OCH3 is 1. The average molecular weight is 402 g/mol. The molecule has 126 valence electrons. The molecule has 1 fully saturated rings. The van der Waals surface area contributed by atoms with Crippen LogP contribution in [0.4, 0.5) is 8.78 Å². The van der Waals surface area contributed by atoms with Crippen molar-refractivity contribution in [2.24, 2.45) is 0 Å². The second-order valence-corrected chi connectivity index (χ2v) is 5.91. The molecular formula is C14H20BrClF2N2O2. The topological polar surface area (TPSA) is 44.7 Å². The fraction of sp³-hybridized carbons (Fsp3) is 0.571. The van der Waals surface area contributed by atoms with Crippen LogP contribution in [0, 0.1) is 0 Å². The number of hydrogen-bond acceptors (Lipinski definition) is 4. The van der Waals surface area contributed by atoms with Crippen LogP contribution in [0.2, 0.25) is 0 Å². The zero-order valence-electron chi connectivity index (χ0n) is 12.2. The highest BCUT2D eigenvalue weighted by molar-refractivity contribution is 9.10. The van der Waals surface area contributed by atoms with E-state index in [-0.39, 0.29) is 12.4 Å². The zero-order chi connectivity index (χ0) is 15.5. The number of aliphatic hydroxyl groups excluding tert-OH is 1. The molecule has 0 aliphatic carbocycles. The molecule has 0 radical (unpaired) electrons. The number of nitrogens with zero attached hydrogens (tertiary/aromatic N) is 1. The summed E-state index contributed by atoms with van der Waals surface area (Å²) in [5.41, 5.74) is 0.390. The molecule has 0 saturated carbocycles. The van der Waals surface area contributed by atoms with Crippen LogP contribution in [-0.4, -0.2) is 55.8 Å². The van der Waals surface area contributed by atoms with Crippen molar-refractivity contribution >= 4 is 28.3 Å². The van der Waals surface area contributed by atoms with Crippen LogP contribution < -0.4 is 10.1 Å². The van der Waals surface area contributed by atoms with E-state index >= 15 is 0 Å². The van der Waals surface area contributed by atoms with Gasteiger partial charge in [-0.15, -0.1) is 12.4 Å². The highest BCUT2D eigenvalue weighted by Crippen LogP contribution is 2.41.